The Morgan fingerprint density at radius 3 is 2.25 bits per heavy atom. The second-order valence-corrected chi connectivity index (χ2v) is 6.59. The van der Waals surface area contributed by atoms with Crippen LogP contribution in [0.1, 0.15) is 19.4 Å². The number of rotatable bonds is 4. The Labute approximate surface area is 143 Å². The largest absolute Gasteiger partial charge is 0.378 e. The number of amides is 1. The molecule has 1 heterocycles. The lowest BCUT2D eigenvalue weighted by Crippen LogP contribution is -2.36. The molecule has 4 heteroatoms. The van der Waals surface area contributed by atoms with Crippen LogP contribution in [-0.2, 0) is 14.9 Å². The van der Waals surface area contributed by atoms with E-state index in [-0.39, 0.29) is 5.91 Å². The summed E-state index contributed by atoms with van der Waals surface area (Å²) in [6.45, 7) is 7.24. The zero-order valence-corrected chi connectivity index (χ0v) is 14.3. The fourth-order valence-electron chi connectivity index (χ4n) is 2.85. The van der Waals surface area contributed by atoms with Crippen LogP contribution < -0.4 is 10.2 Å². The maximum absolute atomic E-state index is 12.7. The molecule has 1 aliphatic heterocycles. The van der Waals surface area contributed by atoms with Crippen molar-refractivity contribution in [3.05, 3.63) is 60.2 Å². The van der Waals surface area contributed by atoms with E-state index in [9.17, 15) is 4.79 Å². The monoisotopic (exact) mass is 324 g/mol. The Balaban J connectivity index is 1.68. The van der Waals surface area contributed by atoms with Crippen molar-refractivity contribution < 1.29 is 9.53 Å². The molecule has 24 heavy (non-hydrogen) atoms. The molecular weight excluding hydrogens is 300 g/mol. The molecule has 0 aliphatic carbocycles. The van der Waals surface area contributed by atoms with E-state index in [1.54, 1.807) is 0 Å². The van der Waals surface area contributed by atoms with Crippen molar-refractivity contribution in [1.82, 2.24) is 0 Å². The van der Waals surface area contributed by atoms with Crippen LogP contribution >= 0.6 is 0 Å². The van der Waals surface area contributed by atoms with Gasteiger partial charge in [-0.15, -0.1) is 0 Å². The molecule has 2 aromatic rings. The second kappa shape index (κ2) is 7.05. The van der Waals surface area contributed by atoms with E-state index in [0.717, 1.165) is 37.6 Å². The van der Waals surface area contributed by atoms with E-state index >= 15 is 0 Å². The van der Waals surface area contributed by atoms with Crippen molar-refractivity contribution in [3.63, 3.8) is 0 Å². The van der Waals surface area contributed by atoms with Gasteiger partial charge in [-0.3, -0.25) is 4.79 Å². The van der Waals surface area contributed by atoms with Crippen LogP contribution in [0, 0.1) is 0 Å². The number of nitrogens with zero attached hydrogens (tertiary/aromatic N) is 1. The third kappa shape index (κ3) is 3.60. The fraction of sp³-hybridized carbons (Fsp3) is 0.350. The minimum absolute atomic E-state index is 0.00665. The first-order valence-corrected chi connectivity index (χ1v) is 8.37. The minimum atomic E-state index is -0.579. The fourth-order valence-corrected chi connectivity index (χ4v) is 2.85. The highest BCUT2D eigenvalue weighted by atomic mass is 16.5. The quantitative estimate of drug-likeness (QED) is 0.937. The summed E-state index contributed by atoms with van der Waals surface area (Å²) < 4.78 is 5.38. The molecule has 0 saturated carbocycles. The lowest BCUT2D eigenvalue weighted by atomic mass is 9.83. The van der Waals surface area contributed by atoms with Crippen LogP contribution in [0.15, 0.2) is 54.6 Å². The zero-order chi connectivity index (χ0) is 17.0. The van der Waals surface area contributed by atoms with Crippen molar-refractivity contribution in [2.24, 2.45) is 0 Å². The zero-order valence-electron chi connectivity index (χ0n) is 14.3. The summed E-state index contributed by atoms with van der Waals surface area (Å²) in [6.07, 6.45) is 0. The van der Waals surface area contributed by atoms with Gasteiger partial charge in [0, 0.05) is 24.5 Å². The van der Waals surface area contributed by atoms with Gasteiger partial charge >= 0.3 is 0 Å². The highest BCUT2D eigenvalue weighted by molar-refractivity contribution is 5.98. The number of morpholine rings is 1. The van der Waals surface area contributed by atoms with Gasteiger partial charge in [0.15, 0.2) is 0 Å². The highest BCUT2D eigenvalue weighted by Gasteiger charge is 2.29. The number of nitrogens with one attached hydrogen (secondary N) is 1. The lowest BCUT2D eigenvalue weighted by Gasteiger charge is -2.29. The standard InChI is InChI=1S/C20H24N2O2/c1-20(2,16-6-4-3-5-7-16)19(23)21-17-8-10-18(11-9-17)22-12-14-24-15-13-22/h3-11H,12-15H2,1-2H3,(H,21,23). The molecule has 1 N–H and O–H groups in total. The Morgan fingerprint density at radius 1 is 1.00 bits per heavy atom. The molecule has 0 aromatic heterocycles. The maximum Gasteiger partial charge on any atom is 0.234 e. The Morgan fingerprint density at radius 2 is 1.62 bits per heavy atom. The first-order chi connectivity index (χ1) is 11.6. The Hall–Kier alpha value is -2.33. The third-order valence-electron chi connectivity index (χ3n) is 4.56. The van der Waals surface area contributed by atoms with E-state index in [1.807, 2.05) is 56.3 Å². The SMILES string of the molecule is CC(C)(C(=O)Nc1ccc(N2CCOCC2)cc1)c1ccccc1. The molecule has 1 amide bonds. The van der Waals surface area contributed by atoms with Gasteiger partial charge in [0.1, 0.15) is 0 Å². The number of hydrogen-bond acceptors (Lipinski definition) is 3. The Kier molecular flexibility index (Phi) is 4.86. The van der Waals surface area contributed by atoms with Crippen molar-refractivity contribution in [3.8, 4) is 0 Å². The van der Waals surface area contributed by atoms with Crippen LogP contribution in [0.4, 0.5) is 11.4 Å². The molecule has 1 aliphatic rings. The number of ether oxygens (including phenoxy) is 1. The molecule has 0 bridgehead atoms. The van der Waals surface area contributed by atoms with Crippen molar-refractivity contribution >= 4 is 17.3 Å². The minimum Gasteiger partial charge on any atom is -0.378 e. The number of benzene rings is 2. The average Bonchev–Trinajstić information content (AvgIpc) is 2.64. The smallest absolute Gasteiger partial charge is 0.234 e. The van der Waals surface area contributed by atoms with Crippen LogP contribution in [0.5, 0.6) is 0 Å². The molecule has 2 aromatic carbocycles. The molecule has 0 radical (unpaired) electrons. The van der Waals surface area contributed by atoms with Crippen LogP contribution in [0.25, 0.3) is 0 Å². The predicted molar refractivity (Wildman–Crippen MR) is 97.6 cm³/mol. The molecule has 1 saturated heterocycles. The number of carbonyl (C=O) groups excluding carboxylic acids is 1. The van der Waals surface area contributed by atoms with Crippen molar-refractivity contribution in [2.45, 2.75) is 19.3 Å². The summed E-state index contributed by atoms with van der Waals surface area (Å²) in [5.41, 5.74) is 2.41. The first-order valence-electron chi connectivity index (χ1n) is 8.37. The normalized spacial score (nSPS) is 15.2. The summed E-state index contributed by atoms with van der Waals surface area (Å²) in [5.74, 6) is -0.00665. The van der Waals surface area contributed by atoms with Gasteiger partial charge in [0.2, 0.25) is 5.91 Å². The van der Waals surface area contributed by atoms with Gasteiger partial charge in [-0.05, 0) is 43.7 Å². The Bertz CT molecular complexity index is 675. The highest BCUT2D eigenvalue weighted by Crippen LogP contribution is 2.26. The van der Waals surface area contributed by atoms with Gasteiger partial charge in [-0.25, -0.2) is 0 Å². The second-order valence-electron chi connectivity index (χ2n) is 6.59. The van der Waals surface area contributed by atoms with Crippen molar-refractivity contribution in [1.29, 1.82) is 0 Å². The first kappa shape index (κ1) is 16.5. The average molecular weight is 324 g/mol. The summed E-state index contributed by atoms with van der Waals surface area (Å²) in [5, 5.41) is 3.03. The summed E-state index contributed by atoms with van der Waals surface area (Å²) in [4.78, 5) is 15.0. The molecule has 126 valence electrons. The van der Waals surface area contributed by atoms with Gasteiger partial charge in [0.25, 0.3) is 0 Å². The van der Waals surface area contributed by atoms with Gasteiger partial charge in [-0.2, -0.15) is 0 Å². The van der Waals surface area contributed by atoms with E-state index < -0.39 is 5.41 Å². The maximum atomic E-state index is 12.7. The van der Waals surface area contributed by atoms with Crippen LogP contribution in [-0.4, -0.2) is 32.2 Å². The topological polar surface area (TPSA) is 41.6 Å². The number of anilines is 2. The van der Waals surface area contributed by atoms with Gasteiger partial charge in [-0.1, -0.05) is 30.3 Å². The summed E-state index contributed by atoms with van der Waals surface area (Å²) in [6, 6.07) is 17.9. The molecule has 4 nitrogen and oxygen atoms in total. The molecule has 3 rings (SSSR count). The van der Waals surface area contributed by atoms with Gasteiger partial charge < -0.3 is 15.0 Å². The molecule has 0 unspecified atom stereocenters. The summed E-state index contributed by atoms with van der Waals surface area (Å²) in [7, 11) is 0. The predicted octanol–water partition coefficient (Wildman–Crippen LogP) is 3.44. The van der Waals surface area contributed by atoms with Crippen LogP contribution in [0.3, 0.4) is 0 Å². The third-order valence-corrected chi connectivity index (χ3v) is 4.56. The van der Waals surface area contributed by atoms with E-state index in [2.05, 4.69) is 22.3 Å². The van der Waals surface area contributed by atoms with E-state index in [1.165, 1.54) is 5.69 Å². The van der Waals surface area contributed by atoms with E-state index in [4.69, 9.17) is 4.74 Å². The molecule has 1 fully saturated rings. The molecular formula is C20H24N2O2. The lowest BCUT2D eigenvalue weighted by molar-refractivity contribution is -0.120. The van der Waals surface area contributed by atoms with Crippen molar-refractivity contribution in [2.75, 3.05) is 36.5 Å². The molecule has 0 atom stereocenters. The van der Waals surface area contributed by atoms with E-state index in [0.29, 0.717) is 0 Å². The number of hydrogen-bond donors (Lipinski definition) is 1. The van der Waals surface area contributed by atoms with Crippen LogP contribution in [0.2, 0.25) is 0 Å². The molecule has 0 spiro atoms. The number of carbonyl (C=O) groups is 1. The summed E-state index contributed by atoms with van der Waals surface area (Å²) >= 11 is 0. The van der Waals surface area contributed by atoms with Gasteiger partial charge in [0.05, 0.1) is 18.6 Å².